The molecule has 0 saturated carbocycles. The van der Waals surface area contributed by atoms with Crippen LogP contribution < -0.4 is 10.6 Å². The lowest BCUT2D eigenvalue weighted by atomic mass is 10.1. The van der Waals surface area contributed by atoms with Crippen molar-refractivity contribution < 1.29 is 29.3 Å². The minimum atomic E-state index is -1.07. The van der Waals surface area contributed by atoms with Crippen molar-refractivity contribution >= 4 is 17.8 Å². The molecule has 0 bridgehead atoms. The standard InChI is InChI=1S/C20H28N2O6/c1-2-3-5-10-18(25)21-12-11-17(20(27)28-16(13-23)14-24)22-19(26)15-8-6-4-7-9-15/h3-9,16-17,23-24H,2,10-14H2,1H3,(H,21,25)(H,22,26)/b5-3-. The van der Waals surface area contributed by atoms with Gasteiger partial charge < -0.3 is 25.6 Å². The number of aliphatic hydroxyl groups excluding tert-OH is 2. The molecule has 1 atom stereocenters. The predicted octanol–water partition coefficient (Wildman–Crippen LogP) is 0.544. The molecule has 8 heteroatoms. The number of allylic oxidation sites excluding steroid dienone is 1. The highest BCUT2D eigenvalue weighted by molar-refractivity contribution is 5.96. The molecule has 0 aromatic heterocycles. The molecule has 8 nitrogen and oxygen atoms in total. The Labute approximate surface area is 164 Å². The molecule has 0 heterocycles. The van der Waals surface area contributed by atoms with Crippen LogP contribution in [0, 0.1) is 0 Å². The Morgan fingerprint density at radius 3 is 2.39 bits per heavy atom. The van der Waals surface area contributed by atoms with Crippen LogP contribution in [0.25, 0.3) is 0 Å². The Morgan fingerprint density at radius 2 is 1.79 bits per heavy atom. The zero-order valence-electron chi connectivity index (χ0n) is 16.0. The maximum atomic E-state index is 12.3. The van der Waals surface area contributed by atoms with Crippen LogP contribution in [-0.4, -0.2) is 59.9 Å². The zero-order valence-corrected chi connectivity index (χ0v) is 16.0. The fourth-order valence-corrected chi connectivity index (χ4v) is 2.24. The highest BCUT2D eigenvalue weighted by Crippen LogP contribution is 2.04. The topological polar surface area (TPSA) is 125 Å². The molecule has 0 fully saturated rings. The molecule has 1 aromatic carbocycles. The summed E-state index contributed by atoms with van der Waals surface area (Å²) >= 11 is 0. The van der Waals surface area contributed by atoms with E-state index in [2.05, 4.69) is 10.6 Å². The number of amides is 2. The van der Waals surface area contributed by atoms with E-state index in [4.69, 9.17) is 14.9 Å². The van der Waals surface area contributed by atoms with Crippen LogP contribution in [-0.2, 0) is 14.3 Å². The molecule has 0 radical (unpaired) electrons. The van der Waals surface area contributed by atoms with Crippen molar-refractivity contribution in [2.45, 2.75) is 38.3 Å². The fourth-order valence-electron chi connectivity index (χ4n) is 2.24. The second-order valence-electron chi connectivity index (χ2n) is 6.04. The van der Waals surface area contributed by atoms with Gasteiger partial charge in [-0.05, 0) is 25.0 Å². The summed E-state index contributed by atoms with van der Waals surface area (Å²) < 4.78 is 5.01. The van der Waals surface area contributed by atoms with Crippen molar-refractivity contribution in [1.82, 2.24) is 10.6 Å². The largest absolute Gasteiger partial charge is 0.456 e. The fraction of sp³-hybridized carbons (Fsp3) is 0.450. The molecule has 0 aliphatic rings. The highest BCUT2D eigenvalue weighted by atomic mass is 16.6. The normalized spacial score (nSPS) is 12.0. The average molecular weight is 392 g/mol. The third-order valence-electron chi connectivity index (χ3n) is 3.78. The molecular formula is C20H28N2O6. The van der Waals surface area contributed by atoms with Gasteiger partial charge in [0.15, 0.2) is 0 Å². The summed E-state index contributed by atoms with van der Waals surface area (Å²) in [6.07, 6.45) is 3.73. The molecule has 2 amide bonds. The number of benzene rings is 1. The van der Waals surface area contributed by atoms with Crippen LogP contribution in [0.2, 0.25) is 0 Å². The number of carbonyl (C=O) groups is 3. The first kappa shape index (κ1) is 23.3. The van der Waals surface area contributed by atoms with Gasteiger partial charge in [-0.3, -0.25) is 9.59 Å². The van der Waals surface area contributed by atoms with Gasteiger partial charge in [0.05, 0.1) is 13.2 Å². The van der Waals surface area contributed by atoms with Crippen molar-refractivity contribution in [3.05, 3.63) is 48.0 Å². The lowest BCUT2D eigenvalue weighted by molar-refractivity contribution is -0.156. The second-order valence-corrected chi connectivity index (χ2v) is 6.04. The minimum absolute atomic E-state index is 0.101. The van der Waals surface area contributed by atoms with Gasteiger partial charge in [0.25, 0.3) is 5.91 Å². The van der Waals surface area contributed by atoms with Crippen LogP contribution >= 0.6 is 0 Å². The van der Waals surface area contributed by atoms with E-state index in [-0.39, 0.29) is 25.3 Å². The number of hydrogen-bond acceptors (Lipinski definition) is 6. The molecule has 154 valence electrons. The van der Waals surface area contributed by atoms with Crippen LogP contribution in [0.4, 0.5) is 0 Å². The number of esters is 1. The molecular weight excluding hydrogens is 364 g/mol. The van der Waals surface area contributed by atoms with Crippen LogP contribution in [0.15, 0.2) is 42.5 Å². The van der Waals surface area contributed by atoms with E-state index in [1.807, 2.05) is 13.0 Å². The summed E-state index contributed by atoms with van der Waals surface area (Å²) in [5.41, 5.74) is 0.370. The van der Waals surface area contributed by atoms with Crippen LogP contribution in [0.5, 0.6) is 0 Å². The first-order valence-electron chi connectivity index (χ1n) is 9.21. The molecule has 28 heavy (non-hydrogen) atoms. The second kappa shape index (κ2) is 13.5. The monoisotopic (exact) mass is 392 g/mol. The van der Waals surface area contributed by atoms with E-state index in [1.54, 1.807) is 36.4 Å². The van der Waals surface area contributed by atoms with Gasteiger partial charge in [-0.25, -0.2) is 4.79 Å². The van der Waals surface area contributed by atoms with Crippen LogP contribution in [0.1, 0.15) is 36.5 Å². The molecule has 1 unspecified atom stereocenters. The molecule has 0 aliphatic heterocycles. The number of aliphatic hydroxyl groups is 2. The van der Waals surface area contributed by atoms with Crippen LogP contribution in [0.3, 0.4) is 0 Å². The molecule has 1 aromatic rings. The Morgan fingerprint density at radius 1 is 1.11 bits per heavy atom. The predicted molar refractivity (Wildman–Crippen MR) is 103 cm³/mol. The van der Waals surface area contributed by atoms with Crippen molar-refractivity contribution in [1.29, 1.82) is 0 Å². The smallest absolute Gasteiger partial charge is 0.329 e. The van der Waals surface area contributed by atoms with E-state index >= 15 is 0 Å². The zero-order chi connectivity index (χ0) is 20.8. The number of carbonyl (C=O) groups excluding carboxylic acids is 3. The third kappa shape index (κ3) is 8.79. The van der Waals surface area contributed by atoms with E-state index < -0.39 is 37.2 Å². The Kier molecular flexibility index (Phi) is 11.2. The maximum Gasteiger partial charge on any atom is 0.329 e. The number of nitrogens with one attached hydrogen (secondary N) is 2. The summed E-state index contributed by atoms with van der Waals surface area (Å²) in [6, 6.07) is 7.31. The third-order valence-corrected chi connectivity index (χ3v) is 3.78. The van der Waals surface area contributed by atoms with Gasteiger partial charge in [0.1, 0.15) is 12.1 Å². The van der Waals surface area contributed by atoms with Crippen molar-refractivity contribution in [3.8, 4) is 0 Å². The lowest BCUT2D eigenvalue weighted by Gasteiger charge is -2.21. The van der Waals surface area contributed by atoms with E-state index in [9.17, 15) is 14.4 Å². The summed E-state index contributed by atoms with van der Waals surface area (Å²) in [5.74, 6) is -1.46. The van der Waals surface area contributed by atoms with Gasteiger partial charge in [0.2, 0.25) is 5.91 Å². The van der Waals surface area contributed by atoms with Gasteiger partial charge in [-0.15, -0.1) is 0 Å². The Balaban J connectivity index is 2.69. The van der Waals surface area contributed by atoms with Crippen molar-refractivity contribution in [2.75, 3.05) is 19.8 Å². The van der Waals surface area contributed by atoms with E-state index in [0.29, 0.717) is 5.56 Å². The molecule has 0 aliphatic carbocycles. The molecule has 0 spiro atoms. The average Bonchev–Trinajstić information content (AvgIpc) is 2.71. The van der Waals surface area contributed by atoms with Crippen molar-refractivity contribution in [2.24, 2.45) is 0 Å². The van der Waals surface area contributed by atoms with Gasteiger partial charge in [-0.2, -0.15) is 0 Å². The minimum Gasteiger partial charge on any atom is -0.456 e. The number of ether oxygens (including phenoxy) is 1. The first-order chi connectivity index (χ1) is 13.5. The first-order valence-corrected chi connectivity index (χ1v) is 9.21. The Bertz CT molecular complexity index is 643. The quantitative estimate of drug-likeness (QED) is 0.304. The number of hydrogen-bond donors (Lipinski definition) is 4. The summed E-state index contributed by atoms with van der Waals surface area (Å²) in [7, 11) is 0. The maximum absolute atomic E-state index is 12.3. The van der Waals surface area contributed by atoms with E-state index in [1.165, 1.54) is 0 Å². The molecule has 4 N–H and O–H groups in total. The summed E-state index contributed by atoms with van der Waals surface area (Å²) in [4.78, 5) is 36.4. The highest BCUT2D eigenvalue weighted by Gasteiger charge is 2.25. The van der Waals surface area contributed by atoms with Gasteiger partial charge in [-0.1, -0.05) is 37.3 Å². The van der Waals surface area contributed by atoms with Gasteiger partial charge >= 0.3 is 5.97 Å². The SMILES string of the molecule is CC/C=C\CC(=O)NCCC(NC(=O)c1ccccc1)C(=O)OC(CO)CO. The lowest BCUT2D eigenvalue weighted by Crippen LogP contribution is -2.45. The van der Waals surface area contributed by atoms with E-state index in [0.717, 1.165) is 6.42 Å². The molecule has 0 saturated heterocycles. The summed E-state index contributed by atoms with van der Waals surface area (Å²) in [5, 5.41) is 23.4. The van der Waals surface area contributed by atoms with Gasteiger partial charge in [0, 0.05) is 18.5 Å². The van der Waals surface area contributed by atoms with Crippen molar-refractivity contribution in [3.63, 3.8) is 0 Å². The summed E-state index contributed by atoms with van der Waals surface area (Å²) in [6.45, 7) is 1.03. The Hall–Kier alpha value is -2.71. The number of rotatable bonds is 12. The molecule has 1 rings (SSSR count).